The van der Waals surface area contributed by atoms with Crippen molar-refractivity contribution in [3.05, 3.63) is 70.6 Å². The fourth-order valence-corrected chi connectivity index (χ4v) is 4.14. The van der Waals surface area contributed by atoms with Gasteiger partial charge < -0.3 is 4.90 Å². The van der Waals surface area contributed by atoms with Crippen LogP contribution in [0.3, 0.4) is 0 Å². The summed E-state index contributed by atoms with van der Waals surface area (Å²) in [6, 6.07) is 15.8. The van der Waals surface area contributed by atoms with Gasteiger partial charge >= 0.3 is 0 Å². The van der Waals surface area contributed by atoms with Gasteiger partial charge in [0.1, 0.15) is 0 Å². The van der Waals surface area contributed by atoms with Crippen LogP contribution in [0.1, 0.15) is 28.5 Å². The predicted molar refractivity (Wildman–Crippen MR) is 97.6 cm³/mol. The Bertz CT molecular complexity index is 888. The van der Waals surface area contributed by atoms with E-state index in [4.69, 9.17) is 0 Å². The van der Waals surface area contributed by atoms with Crippen LogP contribution in [-0.4, -0.2) is 0 Å². The Balaban J connectivity index is 1.75. The van der Waals surface area contributed by atoms with Gasteiger partial charge in [0.15, 0.2) is 0 Å². The molecule has 0 radical (unpaired) electrons. The van der Waals surface area contributed by atoms with E-state index in [-0.39, 0.29) is 0 Å². The Hall–Kier alpha value is -2.06. The number of thiophene rings is 1. The number of rotatable bonds is 2. The van der Waals surface area contributed by atoms with Crippen LogP contribution in [0.25, 0.3) is 15.8 Å². The Kier molecular flexibility index (Phi) is 3.08. The number of hydrogen-bond acceptors (Lipinski definition) is 2. The molecule has 110 valence electrons. The molecule has 2 heterocycles. The molecule has 0 N–H and O–H groups in total. The quantitative estimate of drug-likeness (QED) is 0.581. The molecule has 4 rings (SSSR count). The zero-order valence-corrected chi connectivity index (χ0v) is 13.8. The van der Waals surface area contributed by atoms with Gasteiger partial charge in [0, 0.05) is 33.1 Å². The van der Waals surface area contributed by atoms with Gasteiger partial charge in [0.25, 0.3) is 0 Å². The predicted octanol–water partition coefficient (Wildman–Crippen LogP) is 5.76. The summed E-state index contributed by atoms with van der Waals surface area (Å²) in [6.07, 6.45) is 1.07. The lowest BCUT2D eigenvalue weighted by Gasteiger charge is -2.19. The molecule has 3 aromatic rings. The van der Waals surface area contributed by atoms with Crippen molar-refractivity contribution in [3.8, 4) is 0 Å². The summed E-state index contributed by atoms with van der Waals surface area (Å²) in [4.78, 5) is 3.69. The Morgan fingerprint density at radius 3 is 2.82 bits per heavy atom. The number of benzene rings is 2. The average molecular weight is 305 g/mol. The average Bonchev–Trinajstić information content (AvgIpc) is 3.05. The third kappa shape index (κ3) is 2.06. The molecule has 0 saturated carbocycles. The van der Waals surface area contributed by atoms with Gasteiger partial charge in [-0.25, -0.2) is 0 Å². The van der Waals surface area contributed by atoms with Gasteiger partial charge in [-0.15, -0.1) is 11.3 Å². The minimum atomic E-state index is 0.923. The molecule has 1 aliphatic rings. The SMILES string of the molecule is C=C1c2cc(CC)ccc2CN1c1ccc2sc(C)cc2c1. The summed E-state index contributed by atoms with van der Waals surface area (Å²) >= 11 is 1.86. The van der Waals surface area contributed by atoms with E-state index in [1.807, 2.05) is 11.3 Å². The smallest absolute Gasteiger partial charge is 0.0488 e. The molecule has 0 saturated heterocycles. The van der Waals surface area contributed by atoms with Crippen LogP contribution in [0.5, 0.6) is 0 Å². The van der Waals surface area contributed by atoms with Crippen molar-refractivity contribution in [3.63, 3.8) is 0 Å². The molecular weight excluding hydrogens is 286 g/mol. The second kappa shape index (κ2) is 4.99. The largest absolute Gasteiger partial charge is 0.337 e. The minimum absolute atomic E-state index is 0.923. The third-order valence-corrected chi connectivity index (χ3v) is 5.51. The highest BCUT2D eigenvalue weighted by Gasteiger charge is 2.23. The summed E-state index contributed by atoms with van der Waals surface area (Å²) in [5, 5.41) is 1.33. The van der Waals surface area contributed by atoms with Gasteiger partial charge in [-0.2, -0.15) is 0 Å². The molecule has 1 aliphatic heterocycles. The zero-order chi connectivity index (χ0) is 15.3. The first-order valence-electron chi connectivity index (χ1n) is 7.74. The highest BCUT2D eigenvalue weighted by atomic mass is 32.1. The number of nitrogens with zero attached hydrogens (tertiary/aromatic N) is 1. The van der Waals surface area contributed by atoms with E-state index in [1.54, 1.807) is 0 Å². The molecule has 0 bridgehead atoms. The summed E-state index contributed by atoms with van der Waals surface area (Å²) < 4.78 is 1.36. The maximum absolute atomic E-state index is 4.34. The number of anilines is 1. The Morgan fingerprint density at radius 1 is 1.14 bits per heavy atom. The van der Waals surface area contributed by atoms with Gasteiger partial charge in [0.2, 0.25) is 0 Å². The molecule has 2 heteroatoms. The minimum Gasteiger partial charge on any atom is -0.337 e. The fraction of sp³-hybridized carbons (Fsp3) is 0.200. The Morgan fingerprint density at radius 2 is 2.00 bits per heavy atom. The first-order valence-corrected chi connectivity index (χ1v) is 8.56. The van der Waals surface area contributed by atoms with E-state index in [0.29, 0.717) is 0 Å². The Labute approximate surface area is 135 Å². The summed E-state index contributed by atoms with van der Waals surface area (Å²) in [5.74, 6) is 0. The third-order valence-electron chi connectivity index (χ3n) is 4.48. The molecular formula is C20H19NS. The van der Waals surface area contributed by atoms with Crippen LogP contribution in [0, 0.1) is 6.92 Å². The zero-order valence-electron chi connectivity index (χ0n) is 13.0. The topological polar surface area (TPSA) is 3.24 Å². The van der Waals surface area contributed by atoms with Gasteiger partial charge in [-0.1, -0.05) is 25.6 Å². The maximum atomic E-state index is 4.34. The first kappa shape index (κ1) is 13.6. The van der Waals surface area contributed by atoms with Crippen molar-refractivity contribution < 1.29 is 0 Å². The van der Waals surface area contributed by atoms with Crippen molar-refractivity contribution in [1.29, 1.82) is 0 Å². The first-order chi connectivity index (χ1) is 10.7. The summed E-state index contributed by atoms with van der Waals surface area (Å²) in [5.41, 5.74) is 6.43. The number of aryl methyl sites for hydroxylation is 2. The van der Waals surface area contributed by atoms with Crippen LogP contribution in [0.4, 0.5) is 5.69 Å². The lowest BCUT2D eigenvalue weighted by molar-refractivity contribution is 1.04. The van der Waals surface area contributed by atoms with Crippen molar-refractivity contribution in [2.24, 2.45) is 0 Å². The van der Waals surface area contributed by atoms with E-state index >= 15 is 0 Å². The molecule has 0 aliphatic carbocycles. The molecule has 0 unspecified atom stereocenters. The van der Waals surface area contributed by atoms with Gasteiger partial charge in [0.05, 0.1) is 0 Å². The molecule has 0 fully saturated rings. The fourth-order valence-electron chi connectivity index (χ4n) is 3.24. The van der Waals surface area contributed by atoms with Crippen LogP contribution in [0.2, 0.25) is 0 Å². The van der Waals surface area contributed by atoms with Crippen LogP contribution in [-0.2, 0) is 13.0 Å². The molecule has 0 amide bonds. The number of fused-ring (bicyclic) bond motifs is 2. The van der Waals surface area contributed by atoms with Crippen LogP contribution < -0.4 is 4.90 Å². The molecule has 0 atom stereocenters. The van der Waals surface area contributed by atoms with Crippen LogP contribution >= 0.6 is 11.3 Å². The van der Waals surface area contributed by atoms with Gasteiger partial charge in [-0.3, -0.25) is 0 Å². The maximum Gasteiger partial charge on any atom is 0.0488 e. The van der Waals surface area contributed by atoms with E-state index in [9.17, 15) is 0 Å². The summed E-state index contributed by atoms with van der Waals surface area (Å²) in [7, 11) is 0. The second-order valence-corrected chi connectivity index (χ2v) is 7.24. The lowest BCUT2D eigenvalue weighted by atomic mass is 10.0. The number of hydrogen-bond donors (Lipinski definition) is 0. The van der Waals surface area contributed by atoms with E-state index in [0.717, 1.165) is 18.7 Å². The van der Waals surface area contributed by atoms with Crippen molar-refractivity contribution in [1.82, 2.24) is 0 Å². The lowest BCUT2D eigenvalue weighted by Crippen LogP contribution is -2.12. The van der Waals surface area contributed by atoms with Crippen molar-refractivity contribution >= 4 is 32.8 Å². The standard InChI is InChI=1S/C20H19NS/c1-4-15-5-6-16-12-21(14(3)19(16)10-15)18-7-8-20-17(11-18)9-13(2)22-20/h5-11H,3-4,12H2,1-2H3. The molecule has 0 spiro atoms. The second-order valence-electron chi connectivity index (χ2n) is 5.96. The van der Waals surface area contributed by atoms with E-state index < -0.39 is 0 Å². The molecule has 22 heavy (non-hydrogen) atoms. The highest BCUT2D eigenvalue weighted by Crippen LogP contribution is 2.38. The summed E-state index contributed by atoms with van der Waals surface area (Å²) in [6.45, 7) is 9.63. The highest BCUT2D eigenvalue weighted by molar-refractivity contribution is 7.19. The van der Waals surface area contributed by atoms with Gasteiger partial charge in [-0.05, 0) is 60.2 Å². The molecule has 1 aromatic heterocycles. The van der Waals surface area contributed by atoms with Crippen LogP contribution in [0.15, 0.2) is 49.0 Å². The van der Waals surface area contributed by atoms with Crippen molar-refractivity contribution in [2.75, 3.05) is 4.90 Å². The van der Waals surface area contributed by atoms with Crippen molar-refractivity contribution in [2.45, 2.75) is 26.8 Å². The monoisotopic (exact) mass is 305 g/mol. The van der Waals surface area contributed by atoms with E-state index in [1.165, 1.54) is 37.3 Å². The van der Waals surface area contributed by atoms with E-state index in [2.05, 4.69) is 67.8 Å². The molecule has 2 aromatic carbocycles. The molecule has 1 nitrogen and oxygen atoms in total. The normalized spacial score (nSPS) is 13.9.